The van der Waals surface area contributed by atoms with Crippen LogP contribution in [-0.4, -0.2) is 36.1 Å². The molecule has 0 saturated heterocycles. The molecular formula is C12H22N4. The van der Waals surface area contributed by atoms with Crippen LogP contribution in [-0.2, 0) is 6.42 Å². The average molecular weight is 222 g/mol. The fourth-order valence-corrected chi connectivity index (χ4v) is 1.42. The highest BCUT2D eigenvalue weighted by molar-refractivity contribution is 5.37. The summed E-state index contributed by atoms with van der Waals surface area (Å²) in [6.07, 6.45) is 2.59. The maximum Gasteiger partial charge on any atom is 0.131 e. The van der Waals surface area contributed by atoms with Gasteiger partial charge in [-0.1, -0.05) is 20.8 Å². The fraction of sp³-hybridized carbons (Fsp3) is 0.667. The van der Waals surface area contributed by atoms with Gasteiger partial charge in [-0.3, -0.25) is 0 Å². The molecule has 1 aromatic rings. The molecule has 90 valence electrons. The van der Waals surface area contributed by atoms with Crippen molar-refractivity contribution >= 4 is 5.82 Å². The van der Waals surface area contributed by atoms with Crippen LogP contribution in [0.25, 0.3) is 0 Å². The molecule has 1 aromatic heterocycles. The van der Waals surface area contributed by atoms with Gasteiger partial charge in [0.25, 0.3) is 0 Å². The molecule has 0 unspecified atom stereocenters. The van der Waals surface area contributed by atoms with E-state index in [1.54, 1.807) is 6.33 Å². The van der Waals surface area contributed by atoms with Gasteiger partial charge in [-0.25, -0.2) is 9.97 Å². The van der Waals surface area contributed by atoms with Gasteiger partial charge in [-0.2, -0.15) is 0 Å². The van der Waals surface area contributed by atoms with Crippen LogP contribution in [0.2, 0.25) is 0 Å². The molecule has 4 nitrogen and oxygen atoms in total. The van der Waals surface area contributed by atoms with Gasteiger partial charge in [-0.15, -0.1) is 0 Å². The second-order valence-corrected chi connectivity index (χ2v) is 4.25. The van der Waals surface area contributed by atoms with Gasteiger partial charge in [-0.05, 0) is 6.42 Å². The third-order valence-corrected chi connectivity index (χ3v) is 2.46. The van der Waals surface area contributed by atoms with E-state index >= 15 is 0 Å². The summed E-state index contributed by atoms with van der Waals surface area (Å²) >= 11 is 0. The van der Waals surface area contributed by atoms with Gasteiger partial charge < -0.3 is 10.2 Å². The van der Waals surface area contributed by atoms with Crippen molar-refractivity contribution in [3.8, 4) is 0 Å². The number of anilines is 1. The summed E-state index contributed by atoms with van der Waals surface area (Å²) in [6.45, 7) is 8.34. The zero-order valence-electron chi connectivity index (χ0n) is 10.7. The first-order chi connectivity index (χ1) is 7.63. The van der Waals surface area contributed by atoms with Crippen molar-refractivity contribution in [2.75, 3.05) is 25.0 Å². The molecule has 16 heavy (non-hydrogen) atoms. The van der Waals surface area contributed by atoms with Crippen molar-refractivity contribution in [1.82, 2.24) is 15.3 Å². The Hall–Kier alpha value is -1.16. The standard InChI is InChI=1S/C12H22N4/c1-5-11-8-12(15-9-14-11)16(4)7-6-13-10(2)3/h8-10,13H,5-7H2,1-4H3. The van der Waals surface area contributed by atoms with Crippen LogP contribution in [0.5, 0.6) is 0 Å². The molecule has 0 spiro atoms. The maximum absolute atomic E-state index is 4.27. The number of hydrogen-bond acceptors (Lipinski definition) is 4. The van der Waals surface area contributed by atoms with E-state index in [4.69, 9.17) is 0 Å². The molecule has 1 rings (SSSR count). The number of nitrogens with zero attached hydrogens (tertiary/aromatic N) is 3. The molecule has 0 aliphatic heterocycles. The minimum Gasteiger partial charge on any atom is -0.358 e. The van der Waals surface area contributed by atoms with Crippen molar-refractivity contribution in [2.24, 2.45) is 0 Å². The normalized spacial score (nSPS) is 10.8. The molecule has 0 fully saturated rings. The van der Waals surface area contributed by atoms with E-state index in [-0.39, 0.29) is 0 Å². The van der Waals surface area contributed by atoms with Crippen LogP contribution in [0.3, 0.4) is 0 Å². The van der Waals surface area contributed by atoms with E-state index in [9.17, 15) is 0 Å². The highest BCUT2D eigenvalue weighted by atomic mass is 15.2. The van der Waals surface area contributed by atoms with E-state index in [2.05, 4.69) is 54.1 Å². The van der Waals surface area contributed by atoms with Gasteiger partial charge in [0.2, 0.25) is 0 Å². The molecule has 0 aliphatic carbocycles. The predicted molar refractivity (Wildman–Crippen MR) is 67.8 cm³/mol. The zero-order valence-corrected chi connectivity index (χ0v) is 10.7. The Morgan fingerprint density at radius 1 is 1.38 bits per heavy atom. The number of likely N-dealkylation sites (N-methyl/N-ethyl adjacent to an activating group) is 1. The third-order valence-electron chi connectivity index (χ3n) is 2.46. The second-order valence-electron chi connectivity index (χ2n) is 4.25. The summed E-state index contributed by atoms with van der Waals surface area (Å²) in [4.78, 5) is 10.6. The lowest BCUT2D eigenvalue weighted by Crippen LogP contribution is -2.33. The van der Waals surface area contributed by atoms with Crippen molar-refractivity contribution < 1.29 is 0 Å². The fourth-order valence-electron chi connectivity index (χ4n) is 1.42. The Bertz CT molecular complexity index is 312. The van der Waals surface area contributed by atoms with Crippen LogP contribution < -0.4 is 10.2 Å². The largest absolute Gasteiger partial charge is 0.358 e. The minimum atomic E-state index is 0.532. The smallest absolute Gasteiger partial charge is 0.131 e. The Morgan fingerprint density at radius 3 is 2.75 bits per heavy atom. The molecule has 1 heterocycles. The minimum absolute atomic E-state index is 0.532. The van der Waals surface area contributed by atoms with Gasteiger partial charge in [0.15, 0.2) is 0 Å². The molecule has 0 radical (unpaired) electrons. The summed E-state index contributed by atoms with van der Waals surface area (Å²) in [5, 5.41) is 3.39. The van der Waals surface area contributed by atoms with E-state index in [0.29, 0.717) is 6.04 Å². The van der Waals surface area contributed by atoms with E-state index < -0.39 is 0 Å². The number of rotatable bonds is 6. The monoisotopic (exact) mass is 222 g/mol. The zero-order chi connectivity index (χ0) is 12.0. The lowest BCUT2D eigenvalue weighted by molar-refractivity contribution is 0.588. The molecular weight excluding hydrogens is 200 g/mol. The molecule has 0 amide bonds. The highest BCUT2D eigenvalue weighted by Crippen LogP contribution is 2.08. The third kappa shape index (κ3) is 4.14. The van der Waals surface area contributed by atoms with Crippen LogP contribution in [0.15, 0.2) is 12.4 Å². The molecule has 4 heteroatoms. The Labute approximate surface area is 98.1 Å². The summed E-state index contributed by atoms with van der Waals surface area (Å²) in [5.41, 5.74) is 1.09. The Morgan fingerprint density at radius 2 is 2.12 bits per heavy atom. The lowest BCUT2D eigenvalue weighted by Gasteiger charge is -2.19. The lowest BCUT2D eigenvalue weighted by atomic mass is 10.3. The number of nitrogens with one attached hydrogen (secondary N) is 1. The van der Waals surface area contributed by atoms with Crippen molar-refractivity contribution in [3.63, 3.8) is 0 Å². The van der Waals surface area contributed by atoms with Crippen LogP contribution in [0, 0.1) is 0 Å². The summed E-state index contributed by atoms with van der Waals surface area (Å²) < 4.78 is 0. The molecule has 1 N–H and O–H groups in total. The SMILES string of the molecule is CCc1cc(N(C)CCNC(C)C)ncn1. The molecule has 0 saturated carbocycles. The second kappa shape index (κ2) is 6.43. The van der Waals surface area contributed by atoms with Gasteiger partial charge >= 0.3 is 0 Å². The van der Waals surface area contributed by atoms with Gasteiger partial charge in [0, 0.05) is 37.9 Å². The first kappa shape index (κ1) is 12.9. The summed E-state index contributed by atoms with van der Waals surface area (Å²) in [6, 6.07) is 2.58. The molecule has 0 aliphatic rings. The summed E-state index contributed by atoms with van der Waals surface area (Å²) in [5.74, 6) is 0.998. The number of aromatic nitrogens is 2. The molecule has 0 bridgehead atoms. The van der Waals surface area contributed by atoms with Crippen LogP contribution in [0.1, 0.15) is 26.5 Å². The maximum atomic E-state index is 4.27. The average Bonchev–Trinajstić information content (AvgIpc) is 2.28. The van der Waals surface area contributed by atoms with Crippen LogP contribution >= 0.6 is 0 Å². The van der Waals surface area contributed by atoms with Crippen molar-refractivity contribution in [2.45, 2.75) is 33.2 Å². The molecule has 0 aromatic carbocycles. The first-order valence-electron chi connectivity index (χ1n) is 5.89. The van der Waals surface area contributed by atoms with Gasteiger partial charge in [0.1, 0.15) is 12.1 Å². The van der Waals surface area contributed by atoms with Crippen molar-refractivity contribution in [1.29, 1.82) is 0 Å². The Kier molecular flexibility index (Phi) is 5.19. The highest BCUT2D eigenvalue weighted by Gasteiger charge is 2.03. The van der Waals surface area contributed by atoms with E-state index in [1.807, 2.05) is 0 Å². The van der Waals surface area contributed by atoms with Crippen LogP contribution in [0.4, 0.5) is 5.82 Å². The van der Waals surface area contributed by atoms with Crippen molar-refractivity contribution in [3.05, 3.63) is 18.1 Å². The van der Waals surface area contributed by atoms with E-state index in [0.717, 1.165) is 31.0 Å². The molecule has 0 atom stereocenters. The number of aryl methyl sites for hydroxylation is 1. The van der Waals surface area contributed by atoms with Gasteiger partial charge in [0.05, 0.1) is 0 Å². The predicted octanol–water partition coefficient (Wildman–Crippen LogP) is 1.47. The Balaban J connectivity index is 2.48. The summed E-state index contributed by atoms with van der Waals surface area (Å²) in [7, 11) is 2.06. The number of hydrogen-bond donors (Lipinski definition) is 1. The topological polar surface area (TPSA) is 41.0 Å². The van der Waals surface area contributed by atoms with E-state index in [1.165, 1.54) is 0 Å². The quantitative estimate of drug-likeness (QED) is 0.791. The first-order valence-corrected chi connectivity index (χ1v) is 5.89.